The van der Waals surface area contributed by atoms with E-state index in [2.05, 4.69) is 5.32 Å². The molecule has 1 aliphatic heterocycles. The number of amides is 1. The lowest BCUT2D eigenvalue weighted by Gasteiger charge is -2.36. The van der Waals surface area contributed by atoms with Gasteiger partial charge in [0.05, 0.1) is 28.9 Å². The van der Waals surface area contributed by atoms with Gasteiger partial charge in [0.15, 0.2) is 0 Å². The lowest BCUT2D eigenvalue weighted by atomic mass is 9.84. The number of benzene rings is 5. The fourth-order valence-corrected chi connectivity index (χ4v) is 11.0. The highest BCUT2D eigenvalue weighted by Gasteiger charge is 2.48. The van der Waals surface area contributed by atoms with Crippen molar-refractivity contribution in [2.24, 2.45) is 5.92 Å². The van der Waals surface area contributed by atoms with E-state index in [9.17, 15) is 58.2 Å². The number of anilines is 2. The number of nitrogens with one attached hydrogen (secondary N) is 2. The molecule has 20 heteroatoms. The van der Waals surface area contributed by atoms with E-state index >= 15 is 0 Å². The number of nitrogens with zero attached hydrogens (tertiary/aromatic N) is 2. The third kappa shape index (κ3) is 12.7. The van der Waals surface area contributed by atoms with Crippen LogP contribution in [0.3, 0.4) is 0 Å². The average molecular weight is 993 g/mol. The van der Waals surface area contributed by atoms with Crippen molar-refractivity contribution in [3.05, 3.63) is 138 Å². The molecular formula is C47H50F6N4O7S3. The predicted molar refractivity (Wildman–Crippen MR) is 246 cm³/mol. The average Bonchev–Trinajstić information content (AvgIpc) is 3.30. The highest BCUT2D eigenvalue weighted by Crippen LogP contribution is 2.40. The van der Waals surface area contributed by atoms with Crippen LogP contribution in [0.15, 0.2) is 136 Å². The maximum Gasteiger partial charge on any atom is 0.501 e. The monoisotopic (exact) mass is 992 g/mol. The van der Waals surface area contributed by atoms with Crippen molar-refractivity contribution in [1.29, 1.82) is 0 Å². The van der Waals surface area contributed by atoms with Crippen molar-refractivity contribution in [1.82, 2.24) is 9.62 Å². The summed E-state index contributed by atoms with van der Waals surface area (Å²) in [4.78, 5) is 15.7. The fraction of sp³-hybridized carbons (Fsp3) is 0.340. The molecule has 0 aromatic heterocycles. The molecule has 0 spiro atoms. The molecule has 1 saturated heterocycles. The second-order valence-electron chi connectivity index (χ2n) is 16.2. The van der Waals surface area contributed by atoms with Crippen molar-refractivity contribution in [3.63, 3.8) is 0 Å². The number of carbonyl (C=O) groups is 1. The van der Waals surface area contributed by atoms with Crippen LogP contribution in [-0.2, 0) is 26.0 Å². The van der Waals surface area contributed by atoms with Gasteiger partial charge in [0.2, 0.25) is 0 Å². The van der Waals surface area contributed by atoms with Crippen molar-refractivity contribution in [2.75, 3.05) is 50.1 Å². The number of sulfone groups is 1. The van der Waals surface area contributed by atoms with Crippen molar-refractivity contribution in [2.45, 2.75) is 70.0 Å². The van der Waals surface area contributed by atoms with Gasteiger partial charge in [0, 0.05) is 47.1 Å². The standard InChI is InChI=1S/C47H50F6N4O7S3/c1-31(65-37-8-4-3-5-9-37)41(24-25-56(2)28-29-58)54-42-21-20-38(30-43(42)66(61,62)47(51,52)53)67(63,64)55-45(60)34-14-18-36(19-15-34)57-26-22-33(23-27-57)44(59)40-11-7-6-10-39(40)32-12-16-35(17-13-32)46(48,49)50/h3-21,30-31,33,41,44,54,58-59H,22-29H2,1-2H3,(H,55,60). The number of alkyl halides is 6. The lowest BCUT2D eigenvalue weighted by Crippen LogP contribution is -2.36. The first-order valence-corrected chi connectivity index (χ1v) is 25.0. The van der Waals surface area contributed by atoms with E-state index in [4.69, 9.17) is 0 Å². The van der Waals surface area contributed by atoms with Gasteiger partial charge in [-0.1, -0.05) is 61.5 Å². The van der Waals surface area contributed by atoms with Crippen LogP contribution >= 0.6 is 11.8 Å². The molecule has 0 saturated carbocycles. The summed E-state index contributed by atoms with van der Waals surface area (Å²) >= 11 is 1.40. The molecule has 5 aromatic rings. The van der Waals surface area contributed by atoms with Crippen LogP contribution < -0.4 is 14.9 Å². The topological polar surface area (TPSA) is 156 Å². The number of rotatable bonds is 18. The van der Waals surface area contributed by atoms with E-state index < -0.39 is 70.6 Å². The minimum atomic E-state index is -6.14. The summed E-state index contributed by atoms with van der Waals surface area (Å²) in [5, 5.41) is 23.4. The second kappa shape index (κ2) is 21.5. The van der Waals surface area contributed by atoms with Crippen LogP contribution in [-0.4, -0.2) is 94.5 Å². The molecule has 1 fully saturated rings. The number of sulfonamides is 1. The second-order valence-corrected chi connectivity index (χ2v) is 21.3. The summed E-state index contributed by atoms with van der Waals surface area (Å²) in [5.74, 6) is -1.31. The molecule has 1 amide bonds. The van der Waals surface area contributed by atoms with E-state index in [-0.39, 0.29) is 23.3 Å². The van der Waals surface area contributed by atoms with Crippen LogP contribution in [0.1, 0.15) is 53.8 Å². The molecule has 3 atom stereocenters. The van der Waals surface area contributed by atoms with Crippen LogP contribution in [0.2, 0.25) is 0 Å². The first kappa shape index (κ1) is 51.3. The Kier molecular flexibility index (Phi) is 16.4. The number of halogens is 6. The Bertz CT molecular complexity index is 2690. The summed E-state index contributed by atoms with van der Waals surface area (Å²) in [6.45, 7) is 3.34. The van der Waals surface area contributed by atoms with E-state index in [0.717, 1.165) is 29.2 Å². The van der Waals surface area contributed by atoms with Gasteiger partial charge in [-0.25, -0.2) is 21.6 Å². The number of thioether (sulfide) groups is 1. The molecular weight excluding hydrogens is 943 g/mol. The Morgan fingerprint density at radius 2 is 1.46 bits per heavy atom. The Labute approximate surface area is 390 Å². The highest BCUT2D eigenvalue weighted by atomic mass is 32.2. The maximum atomic E-state index is 14.2. The van der Waals surface area contributed by atoms with Crippen LogP contribution in [0.4, 0.5) is 37.7 Å². The number of aliphatic hydroxyl groups is 2. The van der Waals surface area contributed by atoms with Crippen LogP contribution in [0.5, 0.6) is 0 Å². The molecule has 3 unspecified atom stereocenters. The van der Waals surface area contributed by atoms with Crippen LogP contribution in [0.25, 0.3) is 11.1 Å². The van der Waals surface area contributed by atoms with Gasteiger partial charge in [-0.3, -0.25) is 4.79 Å². The Hall–Kier alpha value is -5.12. The van der Waals surface area contributed by atoms with E-state index in [0.29, 0.717) is 73.9 Å². The highest BCUT2D eigenvalue weighted by molar-refractivity contribution is 8.00. The van der Waals surface area contributed by atoms with Crippen molar-refractivity contribution in [3.8, 4) is 11.1 Å². The summed E-state index contributed by atoms with van der Waals surface area (Å²) in [7, 11) is -9.33. The number of hydrogen-bond donors (Lipinski definition) is 4. The molecule has 0 bridgehead atoms. The maximum absolute atomic E-state index is 14.2. The third-order valence-corrected chi connectivity index (χ3v) is 15.7. The van der Waals surface area contributed by atoms with E-state index in [1.807, 2.05) is 46.9 Å². The van der Waals surface area contributed by atoms with Crippen molar-refractivity contribution < 1.29 is 58.2 Å². The molecule has 6 rings (SSSR count). The van der Waals surface area contributed by atoms with Gasteiger partial charge in [0.1, 0.15) is 4.90 Å². The molecule has 5 aromatic carbocycles. The van der Waals surface area contributed by atoms with Gasteiger partial charge in [0.25, 0.3) is 25.8 Å². The number of carbonyl (C=O) groups excluding carboxylic acids is 1. The third-order valence-electron chi connectivity index (χ3n) is 11.6. The number of piperidine rings is 1. The smallest absolute Gasteiger partial charge is 0.395 e. The molecule has 1 aliphatic rings. The van der Waals surface area contributed by atoms with Gasteiger partial charge < -0.3 is 25.3 Å². The van der Waals surface area contributed by atoms with Crippen LogP contribution in [0, 0.1) is 5.92 Å². The molecule has 11 nitrogen and oxygen atoms in total. The Balaban J connectivity index is 1.14. The molecule has 4 N–H and O–H groups in total. The molecule has 67 heavy (non-hydrogen) atoms. The Morgan fingerprint density at radius 1 is 0.836 bits per heavy atom. The minimum Gasteiger partial charge on any atom is -0.395 e. The van der Waals surface area contributed by atoms with E-state index in [1.165, 1.54) is 36.0 Å². The SMILES string of the molecule is CC(Sc1ccccc1)C(CCN(C)CCO)Nc1ccc(S(=O)(=O)NC(=O)c2ccc(N3CCC(C(O)c4ccccc4-c4ccc(C(F)(F)F)cc4)CC3)cc2)cc1S(=O)(=O)C(F)(F)F. The first-order chi connectivity index (χ1) is 31.6. The Morgan fingerprint density at radius 3 is 2.07 bits per heavy atom. The summed E-state index contributed by atoms with van der Waals surface area (Å²) < 4.78 is 137. The van der Waals surface area contributed by atoms with Gasteiger partial charge in [-0.15, -0.1) is 11.8 Å². The zero-order chi connectivity index (χ0) is 48.7. The van der Waals surface area contributed by atoms with E-state index in [1.54, 1.807) is 48.3 Å². The quantitative estimate of drug-likeness (QED) is 0.0491. The normalized spacial score (nSPS) is 15.5. The summed E-state index contributed by atoms with van der Waals surface area (Å²) in [5.41, 5.74) is -4.78. The number of hydrogen-bond acceptors (Lipinski definition) is 11. The number of likely N-dealkylation sites (N-methyl/N-ethyl adjacent to an activating group) is 1. The minimum absolute atomic E-state index is 0.113. The zero-order valence-electron chi connectivity index (χ0n) is 36.3. The molecule has 360 valence electrons. The van der Waals surface area contributed by atoms with Gasteiger partial charge in [-0.05, 0) is 122 Å². The number of aliphatic hydroxyl groups excluding tert-OH is 2. The largest absolute Gasteiger partial charge is 0.501 e. The summed E-state index contributed by atoms with van der Waals surface area (Å²) in [6.07, 6.45) is -4.02. The summed E-state index contributed by atoms with van der Waals surface area (Å²) in [6, 6.07) is 28.3. The lowest BCUT2D eigenvalue weighted by molar-refractivity contribution is -0.137. The molecule has 0 radical (unpaired) electrons. The van der Waals surface area contributed by atoms with Gasteiger partial charge >= 0.3 is 11.7 Å². The van der Waals surface area contributed by atoms with Crippen molar-refractivity contribution >= 4 is 48.9 Å². The fourth-order valence-electron chi connectivity index (χ4n) is 7.85. The molecule has 1 heterocycles. The van der Waals surface area contributed by atoms with Gasteiger partial charge in [-0.2, -0.15) is 26.3 Å². The zero-order valence-corrected chi connectivity index (χ0v) is 38.8. The molecule has 0 aliphatic carbocycles. The first-order valence-electron chi connectivity index (χ1n) is 21.2. The predicted octanol–water partition coefficient (Wildman–Crippen LogP) is 9.01.